The predicted molar refractivity (Wildman–Crippen MR) is 105 cm³/mol. The van der Waals surface area contributed by atoms with Crippen LogP contribution in [0.15, 0.2) is 21.7 Å². The van der Waals surface area contributed by atoms with Crippen LogP contribution in [0, 0.1) is 5.92 Å². The first-order valence-electron chi connectivity index (χ1n) is 8.00. The molecule has 0 atom stereocenters. The van der Waals surface area contributed by atoms with Crippen LogP contribution in [0.1, 0.15) is 20.8 Å². The molecule has 1 aromatic heterocycles. The molecule has 0 amide bonds. The van der Waals surface area contributed by atoms with Crippen molar-refractivity contribution in [1.82, 2.24) is 14.9 Å². The summed E-state index contributed by atoms with van der Waals surface area (Å²) in [6, 6.07) is 0. The maximum Gasteiger partial charge on any atom is 0.330 e. The van der Waals surface area contributed by atoms with Crippen LogP contribution in [-0.4, -0.2) is 41.5 Å². The Balaban J connectivity index is 3.37. The highest BCUT2D eigenvalue weighted by molar-refractivity contribution is 7.80. The second-order valence-corrected chi connectivity index (χ2v) is 6.64. The van der Waals surface area contributed by atoms with E-state index in [1.54, 1.807) is 12.0 Å². The molecule has 0 fully saturated rings. The largest absolute Gasteiger partial charge is 0.383 e. The van der Waals surface area contributed by atoms with Gasteiger partial charge in [-0.05, 0) is 25.1 Å². The van der Waals surface area contributed by atoms with Gasteiger partial charge in [0.25, 0.3) is 5.56 Å². The third-order valence-electron chi connectivity index (χ3n) is 3.34. The zero-order chi connectivity index (χ0) is 19.1. The van der Waals surface area contributed by atoms with Gasteiger partial charge in [-0.25, -0.2) is 4.79 Å². The molecular weight excluding hydrogens is 342 g/mol. The molecule has 4 N–H and O–H groups in total. The molecule has 1 aromatic rings. The Hall–Kier alpha value is -2.13. The van der Waals surface area contributed by atoms with E-state index >= 15 is 0 Å². The maximum atomic E-state index is 12.4. The van der Waals surface area contributed by atoms with Crippen molar-refractivity contribution in [3.05, 3.63) is 33.0 Å². The summed E-state index contributed by atoms with van der Waals surface area (Å²) < 4.78 is 6.45. The molecule has 0 radical (unpaired) electrons. The van der Waals surface area contributed by atoms with E-state index in [2.05, 4.69) is 16.9 Å². The number of nitrogens with one attached hydrogen (secondary N) is 2. The number of anilines is 2. The van der Waals surface area contributed by atoms with Crippen molar-refractivity contribution in [3.8, 4) is 0 Å². The van der Waals surface area contributed by atoms with Crippen molar-refractivity contribution in [3.63, 3.8) is 0 Å². The molecule has 0 bridgehead atoms. The van der Waals surface area contributed by atoms with Gasteiger partial charge >= 0.3 is 5.69 Å². The number of nitrogens with two attached hydrogens (primary N) is 1. The predicted octanol–water partition coefficient (Wildman–Crippen LogP) is 0.678. The van der Waals surface area contributed by atoms with Crippen molar-refractivity contribution in [2.24, 2.45) is 5.92 Å². The van der Waals surface area contributed by atoms with Gasteiger partial charge in [0.05, 0.1) is 6.61 Å². The lowest BCUT2D eigenvalue weighted by atomic mass is 10.2. The minimum absolute atomic E-state index is 0.0815. The van der Waals surface area contributed by atoms with Gasteiger partial charge < -0.3 is 20.7 Å². The number of nitrogen functional groups attached to an aromatic ring is 1. The van der Waals surface area contributed by atoms with Crippen LogP contribution >= 0.6 is 12.2 Å². The van der Waals surface area contributed by atoms with E-state index in [1.807, 2.05) is 20.8 Å². The second kappa shape index (κ2) is 9.38. The van der Waals surface area contributed by atoms with Crippen LogP contribution in [0.4, 0.5) is 11.5 Å². The van der Waals surface area contributed by atoms with Crippen LogP contribution < -0.4 is 27.2 Å². The van der Waals surface area contributed by atoms with Crippen LogP contribution in [0.5, 0.6) is 0 Å². The molecule has 0 aliphatic heterocycles. The van der Waals surface area contributed by atoms with Crippen LogP contribution in [0.2, 0.25) is 0 Å². The molecule has 25 heavy (non-hydrogen) atoms. The number of ether oxygens (including phenoxy) is 1. The first-order valence-corrected chi connectivity index (χ1v) is 8.41. The average molecular weight is 369 g/mol. The SMILES string of the molecule is C=C(C)CNC(=S)N(CCOC)c1c(N)n(CC(C)C)c(=O)[nH]c1=O. The number of hydrogen-bond donors (Lipinski definition) is 3. The maximum absolute atomic E-state index is 12.4. The van der Waals surface area contributed by atoms with Crippen LogP contribution in [0.25, 0.3) is 0 Å². The van der Waals surface area contributed by atoms with Gasteiger partial charge in [0.1, 0.15) is 5.82 Å². The van der Waals surface area contributed by atoms with Gasteiger partial charge in [-0.15, -0.1) is 0 Å². The Kier molecular flexibility index (Phi) is 7.85. The summed E-state index contributed by atoms with van der Waals surface area (Å²) in [6.07, 6.45) is 0. The summed E-state index contributed by atoms with van der Waals surface area (Å²) in [6.45, 7) is 11.1. The average Bonchev–Trinajstić information content (AvgIpc) is 2.51. The smallest absolute Gasteiger partial charge is 0.330 e. The molecule has 0 saturated heterocycles. The monoisotopic (exact) mass is 369 g/mol. The fourth-order valence-corrected chi connectivity index (χ4v) is 2.46. The highest BCUT2D eigenvalue weighted by Crippen LogP contribution is 2.17. The van der Waals surface area contributed by atoms with E-state index in [4.69, 9.17) is 22.7 Å². The number of methoxy groups -OCH3 is 1. The number of rotatable bonds is 8. The molecule has 0 aliphatic carbocycles. The summed E-state index contributed by atoms with van der Waals surface area (Å²) in [7, 11) is 1.55. The van der Waals surface area contributed by atoms with Gasteiger partial charge in [-0.2, -0.15) is 0 Å². The molecule has 9 heteroatoms. The number of aromatic nitrogens is 2. The highest BCUT2D eigenvalue weighted by Gasteiger charge is 2.22. The Morgan fingerprint density at radius 1 is 1.48 bits per heavy atom. The van der Waals surface area contributed by atoms with Gasteiger partial charge in [0.15, 0.2) is 10.8 Å². The number of H-pyrrole nitrogens is 1. The molecule has 1 heterocycles. The number of hydrogen-bond acceptors (Lipinski definition) is 5. The number of thiocarbonyl (C=S) groups is 1. The standard InChI is InChI=1S/C16H27N5O3S/c1-10(2)8-18-16(25)20(6-7-24-5)12-13(17)21(9-11(3)4)15(23)19-14(12)22/h11H,1,6-9,17H2,2-5H3,(H,18,25)(H,19,22,23). The minimum Gasteiger partial charge on any atom is -0.383 e. The van der Waals surface area contributed by atoms with Crippen molar-refractivity contribution in [2.45, 2.75) is 27.3 Å². The Bertz CT molecular complexity index is 738. The lowest BCUT2D eigenvalue weighted by molar-refractivity contribution is 0.207. The quantitative estimate of drug-likeness (QED) is 0.457. The summed E-state index contributed by atoms with van der Waals surface area (Å²) >= 11 is 5.39. The second-order valence-electron chi connectivity index (χ2n) is 6.26. The molecule has 0 aromatic carbocycles. The molecule has 140 valence electrons. The van der Waals surface area contributed by atoms with Gasteiger partial charge in [-0.3, -0.25) is 14.3 Å². The molecule has 0 saturated carbocycles. The van der Waals surface area contributed by atoms with E-state index in [0.717, 1.165) is 5.57 Å². The zero-order valence-electron chi connectivity index (χ0n) is 15.2. The van der Waals surface area contributed by atoms with Crippen molar-refractivity contribution >= 4 is 28.8 Å². The van der Waals surface area contributed by atoms with Gasteiger partial charge in [0.2, 0.25) is 0 Å². The van der Waals surface area contributed by atoms with E-state index in [1.165, 1.54) is 4.57 Å². The molecule has 0 spiro atoms. The molecule has 0 aliphatic rings. The minimum atomic E-state index is -0.585. The highest BCUT2D eigenvalue weighted by atomic mass is 32.1. The topological polar surface area (TPSA) is 105 Å². The Morgan fingerprint density at radius 2 is 2.12 bits per heavy atom. The Morgan fingerprint density at radius 3 is 2.64 bits per heavy atom. The lowest BCUT2D eigenvalue weighted by Gasteiger charge is -2.27. The fourth-order valence-electron chi connectivity index (χ4n) is 2.20. The van der Waals surface area contributed by atoms with Crippen molar-refractivity contribution in [2.75, 3.05) is 37.4 Å². The summed E-state index contributed by atoms with van der Waals surface area (Å²) in [4.78, 5) is 28.4. The summed E-state index contributed by atoms with van der Waals surface area (Å²) in [5.41, 5.74) is 6.06. The van der Waals surface area contributed by atoms with E-state index in [0.29, 0.717) is 31.4 Å². The fraction of sp³-hybridized carbons (Fsp3) is 0.562. The molecule has 8 nitrogen and oxygen atoms in total. The van der Waals surface area contributed by atoms with E-state index < -0.39 is 11.2 Å². The first-order chi connectivity index (χ1) is 11.7. The molecule has 0 unspecified atom stereocenters. The lowest BCUT2D eigenvalue weighted by Crippen LogP contribution is -2.47. The normalized spacial score (nSPS) is 10.8. The van der Waals surface area contributed by atoms with Crippen molar-refractivity contribution < 1.29 is 4.74 Å². The number of aromatic amines is 1. The Labute approximate surface area is 152 Å². The first kappa shape index (κ1) is 20.9. The van der Waals surface area contributed by atoms with E-state index in [-0.39, 0.29) is 17.4 Å². The van der Waals surface area contributed by atoms with Gasteiger partial charge in [-0.1, -0.05) is 26.0 Å². The third kappa shape index (κ3) is 5.71. The van der Waals surface area contributed by atoms with Crippen LogP contribution in [0.3, 0.4) is 0 Å². The molecule has 1 rings (SSSR count). The van der Waals surface area contributed by atoms with Gasteiger partial charge in [0, 0.05) is 26.7 Å². The van der Waals surface area contributed by atoms with Crippen LogP contribution in [-0.2, 0) is 11.3 Å². The third-order valence-corrected chi connectivity index (χ3v) is 3.70. The number of nitrogens with zero attached hydrogens (tertiary/aromatic N) is 2. The van der Waals surface area contributed by atoms with E-state index in [9.17, 15) is 9.59 Å². The molecular formula is C16H27N5O3S. The zero-order valence-corrected chi connectivity index (χ0v) is 16.0. The summed E-state index contributed by atoms with van der Waals surface area (Å²) in [5.74, 6) is 0.262. The summed E-state index contributed by atoms with van der Waals surface area (Å²) in [5, 5.41) is 3.34. The van der Waals surface area contributed by atoms with Crippen molar-refractivity contribution in [1.29, 1.82) is 0 Å².